The number of carbonyl (C=O) groups is 1. The molecule has 86 valence electrons. The highest BCUT2D eigenvalue weighted by Crippen LogP contribution is 2.22. The van der Waals surface area contributed by atoms with E-state index in [1.807, 2.05) is 6.07 Å². The van der Waals surface area contributed by atoms with Gasteiger partial charge in [-0.3, -0.25) is 4.79 Å². The second-order valence-corrected chi connectivity index (χ2v) is 3.54. The molecule has 3 heteroatoms. The van der Waals surface area contributed by atoms with E-state index in [9.17, 15) is 9.18 Å². The Morgan fingerprint density at radius 1 is 1.12 bits per heavy atom. The van der Waals surface area contributed by atoms with Crippen LogP contribution >= 0.6 is 0 Å². The third-order valence-electron chi connectivity index (χ3n) is 2.44. The summed E-state index contributed by atoms with van der Waals surface area (Å²) in [7, 11) is 1.45. The first-order valence-electron chi connectivity index (χ1n) is 5.15. The summed E-state index contributed by atoms with van der Waals surface area (Å²) in [5.41, 5.74) is 0.745. The van der Waals surface area contributed by atoms with E-state index in [0.717, 1.165) is 0 Å². The van der Waals surface area contributed by atoms with Gasteiger partial charge < -0.3 is 4.74 Å². The molecule has 2 aromatic carbocycles. The van der Waals surface area contributed by atoms with Gasteiger partial charge in [0.05, 0.1) is 12.7 Å². The Hall–Kier alpha value is -2.16. The molecule has 0 spiro atoms. The summed E-state index contributed by atoms with van der Waals surface area (Å²) >= 11 is 0. The van der Waals surface area contributed by atoms with Crippen molar-refractivity contribution < 1.29 is 13.9 Å². The molecule has 0 heterocycles. The van der Waals surface area contributed by atoms with E-state index in [4.69, 9.17) is 4.74 Å². The van der Waals surface area contributed by atoms with Gasteiger partial charge >= 0.3 is 0 Å². The molecule has 2 aromatic rings. The molecule has 2 rings (SSSR count). The molecule has 0 saturated heterocycles. The maximum atomic E-state index is 13.2. The zero-order valence-electron chi connectivity index (χ0n) is 9.31. The van der Waals surface area contributed by atoms with Gasteiger partial charge in [0, 0.05) is 5.56 Å². The first kappa shape index (κ1) is 11.3. The highest BCUT2D eigenvalue weighted by Gasteiger charge is 2.14. The van der Waals surface area contributed by atoms with Crippen molar-refractivity contribution in [3.63, 3.8) is 0 Å². The van der Waals surface area contributed by atoms with Crippen LogP contribution in [0.1, 0.15) is 15.9 Å². The van der Waals surface area contributed by atoms with Gasteiger partial charge in [0.1, 0.15) is 11.6 Å². The van der Waals surface area contributed by atoms with Gasteiger partial charge in [0.15, 0.2) is 5.78 Å². The Morgan fingerprint density at radius 2 is 1.82 bits per heavy atom. The minimum absolute atomic E-state index is 0.235. The lowest BCUT2D eigenvalue weighted by Gasteiger charge is -2.07. The highest BCUT2D eigenvalue weighted by molar-refractivity contribution is 6.10. The molecule has 0 saturated carbocycles. The predicted octanol–water partition coefficient (Wildman–Crippen LogP) is 3.07. The van der Waals surface area contributed by atoms with Gasteiger partial charge in [-0.15, -0.1) is 0 Å². The minimum Gasteiger partial charge on any atom is -0.496 e. The van der Waals surface area contributed by atoms with Gasteiger partial charge in [-0.05, 0) is 18.2 Å². The van der Waals surface area contributed by atoms with Crippen molar-refractivity contribution in [3.8, 4) is 5.75 Å². The van der Waals surface area contributed by atoms with Crippen molar-refractivity contribution in [2.24, 2.45) is 0 Å². The first-order chi connectivity index (χ1) is 8.22. The largest absolute Gasteiger partial charge is 0.496 e. The van der Waals surface area contributed by atoms with Gasteiger partial charge in [-0.1, -0.05) is 30.3 Å². The van der Waals surface area contributed by atoms with Gasteiger partial charge in [0.2, 0.25) is 0 Å². The molecule has 0 unspecified atom stereocenters. The minimum atomic E-state index is -0.454. The number of ketones is 1. The van der Waals surface area contributed by atoms with Crippen molar-refractivity contribution in [1.29, 1.82) is 0 Å². The van der Waals surface area contributed by atoms with E-state index in [1.165, 1.54) is 25.3 Å². The van der Waals surface area contributed by atoms with Crippen LogP contribution in [0.25, 0.3) is 0 Å². The monoisotopic (exact) mass is 230 g/mol. The van der Waals surface area contributed by atoms with E-state index < -0.39 is 5.82 Å². The van der Waals surface area contributed by atoms with E-state index in [2.05, 4.69) is 0 Å². The summed E-state index contributed by atoms with van der Waals surface area (Å²) in [5.74, 6) is -0.327. The van der Waals surface area contributed by atoms with Crippen LogP contribution in [0.5, 0.6) is 5.75 Å². The average Bonchev–Trinajstić information content (AvgIpc) is 2.39. The molecule has 0 radical (unpaired) electrons. The lowest BCUT2D eigenvalue weighted by atomic mass is 10.0. The Balaban J connectivity index is 2.47. The third-order valence-corrected chi connectivity index (χ3v) is 2.44. The molecule has 0 atom stereocenters. The number of methoxy groups -OCH3 is 1. The van der Waals surface area contributed by atoms with Crippen molar-refractivity contribution in [1.82, 2.24) is 0 Å². The average molecular weight is 230 g/mol. The fourth-order valence-corrected chi connectivity index (χ4v) is 1.60. The molecule has 0 aliphatic carbocycles. The fraction of sp³-hybridized carbons (Fsp3) is 0.0714. The van der Waals surface area contributed by atoms with Crippen molar-refractivity contribution >= 4 is 5.78 Å². The Morgan fingerprint density at radius 3 is 2.47 bits per heavy atom. The highest BCUT2D eigenvalue weighted by atomic mass is 19.1. The van der Waals surface area contributed by atoms with Crippen LogP contribution < -0.4 is 4.74 Å². The Labute approximate surface area is 98.7 Å². The number of halogens is 1. The summed E-state index contributed by atoms with van der Waals surface area (Å²) in [6, 6.07) is 12.6. The summed E-state index contributed by atoms with van der Waals surface area (Å²) < 4.78 is 18.2. The summed E-state index contributed by atoms with van der Waals surface area (Å²) in [4.78, 5) is 12.1. The van der Waals surface area contributed by atoms with Crippen LogP contribution in [0.3, 0.4) is 0 Å². The van der Waals surface area contributed by atoms with Crippen molar-refractivity contribution in [3.05, 3.63) is 65.5 Å². The zero-order valence-corrected chi connectivity index (χ0v) is 9.31. The summed E-state index contributed by atoms with van der Waals surface area (Å²) in [6.45, 7) is 0. The van der Waals surface area contributed by atoms with Crippen LogP contribution in [0.4, 0.5) is 4.39 Å². The first-order valence-corrected chi connectivity index (χ1v) is 5.15. The second kappa shape index (κ2) is 4.78. The summed E-state index contributed by atoms with van der Waals surface area (Å²) in [6.07, 6.45) is 0. The number of benzene rings is 2. The van der Waals surface area contributed by atoms with Crippen LogP contribution in [-0.2, 0) is 0 Å². The standard InChI is InChI=1S/C14H11FO2/c1-17-13-8-7-11(15)9-12(13)14(16)10-5-3-2-4-6-10/h2-9H,1H3. The predicted molar refractivity (Wildman–Crippen MR) is 62.8 cm³/mol. The van der Waals surface area contributed by atoms with E-state index in [0.29, 0.717) is 11.3 Å². The van der Waals surface area contributed by atoms with Gasteiger partial charge in [-0.25, -0.2) is 4.39 Å². The Bertz CT molecular complexity index is 535. The normalized spacial score (nSPS) is 10.0. The molecule has 0 aliphatic rings. The molecule has 0 fully saturated rings. The number of hydrogen-bond acceptors (Lipinski definition) is 2. The Kier molecular flexibility index (Phi) is 3.19. The lowest BCUT2D eigenvalue weighted by molar-refractivity contribution is 0.103. The molecule has 0 bridgehead atoms. The van der Waals surface area contributed by atoms with E-state index in [1.54, 1.807) is 24.3 Å². The zero-order chi connectivity index (χ0) is 12.3. The maximum Gasteiger partial charge on any atom is 0.196 e. The number of ether oxygens (including phenoxy) is 1. The van der Waals surface area contributed by atoms with Crippen molar-refractivity contribution in [2.45, 2.75) is 0 Å². The van der Waals surface area contributed by atoms with Gasteiger partial charge in [-0.2, -0.15) is 0 Å². The van der Waals surface area contributed by atoms with Crippen LogP contribution in [-0.4, -0.2) is 12.9 Å². The van der Waals surface area contributed by atoms with Crippen molar-refractivity contribution in [2.75, 3.05) is 7.11 Å². The van der Waals surface area contributed by atoms with Gasteiger partial charge in [0.25, 0.3) is 0 Å². The van der Waals surface area contributed by atoms with Crippen LogP contribution in [0, 0.1) is 5.82 Å². The SMILES string of the molecule is COc1ccc(F)cc1C(=O)c1ccccc1. The topological polar surface area (TPSA) is 26.3 Å². The summed E-state index contributed by atoms with van der Waals surface area (Å²) in [5, 5.41) is 0. The maximum absolute atomic E-state index is 13.2. The van der Waals surface area contributed by atoms with Crippen LogP contribution in [0.2, 0.25) is 0 Å². The quantitative estimate of drug-likeness (QED) is 0.757. The van der Waals surface area contributed by atoms with E-state index in [-0.39, 0.29) is 11.3 Å². The third kappa shape index (κ3) is 2.33. The lowest BCUT2D eigenvalue weighted by Crippen LogP contribution is -2.04. The number of carbonyl (C=O) groups excluding carboxylic acids is 1. The molecule has 0 aliphatic heterocycles. The molecular weight excluding hydrogens is 219 g/mol. The molecule has 0 aromatic heterocycles. The molecule has 0 amide bonds. The molecule has 17 heavy (non-hydrogen) atoms. The number of rotatable bonds is 3. The van der Waals surface area contributed by atoms with E-state index >= 15 is 0 Å². The smallest absolute Gasteiger partial charge is 0.196 e. The molecule has 0 N–H and O–H groups in total. The second-order valence-electron chi connectivity index (χ2n) is 3.54. The number of hydrogen-bond donors (Lipinski definition) is 0. The molecule has 2 nitrogen and oxygen atoms in total. The van der Waals surface area contributed by atoms with Crippen LogP contribution in [0.15, 0.2) is 48.5 Å². The fourth-order valence-electron chi connectivity index (χ4n) is 1.60. The molecular formula is C14H11FO2.